The third kappa shape index (κ3) is 2.75. The predicted molar refractivity (Wildman–Crippen MR) is 76.6 cm³/mol. The van der Waals surface area contributed by atoms with Gasteiger partial charge in [0, 0.05) is 30.5 Å². The first-order valence-corrected chi connectivity index (χ1v) is 6.65. The molecule has 1 atom stereocenters. The van der Waals surface area contributed by atoms with E-state index in [9.17, 15) is 14.7 Å². The Morgan fingerprint density at radius 1 is 1.50 bits per heavy atom. The van der Waals surface area contributed by atoms with E-state index in [0.29, 0.717) is 11.3 Å². The number of fused-ring (bicyclic) bond motifs is 1. The number of hydrogen-bond donors (Lipinski definition) is 3. The average Bonchev–Trinajstić information content (AvgIpc) is 2.73. The van der Waals surface area contributed by atoms with Gasteiger partial charge in [0.05, 0.1) is 6.54 Å². The fourth-order valence-electron chi connectivity index (χ4n) is 2.25. The van der Waals surface area contributed by atoms with Gasteiger partial charge in [-0.15, -0.1) is 0 Å². The van der Waals surface area contributed by atoms with E-state index >= 15 is 0 Å². The van der Waals surface area contributed by atoms with Gasteiger partial charge in [-0.3, -0.25) is 9.59 Å². The predicted octanol–water partition coefficient (Wildman–Crippen LogP) is 0.634. The van der Waals surface area contributed by atoms with Crippen LogP contribution in [0.1, 0.15) is 25.0 Å². The van der Waals surface area contributed by atoms with Crippen LogP contribution in [0, 0.1) is 0 Å². The molecular formula is C14H19N3O3. The molecule has 108 valence electrons. The van der Waals surface area contributed by atoms with Crippen molar-refractivity contribution >= 4 is 23.2 Å². The van der Waals surface area contributed by atoms with Gasteiger partial charge in [0.1, 0.15) is 0 Å². The van der Waals surface area contributed by atoms with Gasteiger partial charge < -0.3 is 20.6 Å². The third-order valence-electron chi connectivity index (χ3n) is 3.31. The normalized spacial score (nSPS) is 16.6. The van der Waals surface area contributed by atoms with Crippen molar-refractivity contribution in [2.45, 2.75) is 19.4 Å². The lowest BCUT2D eigenvalue weighted by Crippen LogP contribution is -2.36. The van der Waals surface area contributed by atoms with E-state index in [-0.39, 0.29) is 12.5 Å². The standard InChI is InChI=1S/C14H19N3O3/c1-3-6-17(8-12(18)15-2)9-4-5-10-11(7-9)16-14(20)13(10)19/h4-5,7,13,19H,3,6,8H2,1-2H3,(H,15,18)(H,16,20). The van der Waals surface area contributed by atoms with E-state index in [0.717, 1.165) is 18.7 Å². The number of nitrogens with zero attached hydrogens (tertiary/aromatic N) is 1. The second kappa shape index (κ2) is 5.92. The number of aliphatic hydroxyl groups excluding tert-OH is 1. The number of anilines is 2. The molecule has 2 rings (SSSR count). The van der Waals surface area contributed by atoms with Gasteiger partial charge in [0.25, 0.3) is 5.91 Å². The lowest BCUT2D eigenvalue weighted by Gasteiger charge is -2.24. The summed E-state index contributed by atoms with van der Waals surface area (Å²) < 4.78 is 0. The SMILES string of the molecule is CCCN(CC(=O)NC)c1ccc2c(c1)NC(=O)C2O. The molecule has 20 heavy (non-hydrogen) atoms. The summed E-state index contributed by atoms with van der Waals surface area (Å²) in [6, 6.07) is 5.34. The van der Waals surface area contributed by atoms with Gasteiger partial charge in [0.2, 0.25) is 5.91 Å². The number of amides is 2. The van der Waals surface area contributed by atoms with Gasteiger partial charge >= 0.3 is 0 Å². The maximum absolute atomic E-state index is 11.5. The van der Waals surface area contributed by atoms with Crippen molar-refractivity contribution < 1.29 is 14.7 Å². The topological polar surface area (TPSA) is 81.7 Å². The number of carbonyl (C=O) groups is 2. The number of benzene rings is 1. The highest BCUT2D eigenvalue weighted by atomic mass is 16.3. The van der Waals surface area contributed by atoms with Crippen LogP contribution in [0.5, 0.6) is 0 Å². The number of aliphatic hydroxyl groups is 1. The fraction of sp³-hybridized carbons (Fsp3) is 0.429. The molecule has 1 aliphatic rings. The number of rotatable bonds is 5. The Kier molecular flexibility index (Phi) is 4.24. The summed E-state index contributed by atoms with van der Waals surface area (Å²) >= 11 is 0. The first-order chi connectivity index (χ1) is 9.56. The summed E-state index contributed by atoms with van der Waals surface area (Å²) in [6.45, 7) is 3.04. The first kappa shape index (κ1) is 14.3. The second-order valence-corrected chi connectivity index (χ2v) is 4.76. The van der Waals surface area contributed by atoms with Gasteiger partial charge in [-0.05, 0) is 18.6 Å². The molecule has 0 radical (unpaired) electrons. The van der Waals surface area contributed by atoms with Crippen LogP contribution in [0.15, 0.2) is 18.2 Å². The maximum atomic E-state index is 11.5. The third-order valence-corrected chi connectivity index (χ3v) is 3.31. The van der Waals surface area contributed by atoms with Crippen molar-refractivity contribution in [3.8, 4) is 0 Å². The van der Waals surface area contributed by atoms with E-state index in [1.165, 1.54) is 0 Å². The van der Waals surface area contributed by atoms with Crippen LogP contribution in [-0.2, 0) is 9.59 Å². The van der Waals surface area contributed by atoms with Crippen molar-refractivity contribution in [1.82, 2.24) is 5.32 Å². The van der Waals surface area contributed by atoms with Gasteiger partial charge in [-0.1, -0.05) is 13.0 Å². The summed E-state index contributed by atoms with van der Waals surface area (Å²) in [5.41, 5.74) is 2.04. The number of carbonyl (C=O) groups excluding carboxylic acids is 2. The van der Waals surface area contributed by atoms with E-state index in [1.807, 2.05) is 17.9 Å². The van der Waals surface area contributed by atoms with Crippen molar-refractivity contribution in [1.29, 1.82) is 0 Å². The Bertz CT molecular complexity index is 530. The molecule has 0 saturated carbocycles. The van der Waals surface area contributed by atoms with Gasteiger partial charge in [-0.25, -0.2) is 0 Å². The molecule has 0 spiro atoms. The Morgan fingerprint density at radius 3 is 2.90 bits per heavy atom. The highest BCUT2D eigenvalue weighted by molar-refractivity contribution is 6.02. The van der Waals surface area contributed by atoms with E-state index in [2.05, 4.69) is 10.6 Å². The Morgan fingerprint density at radius 2 is 2.25 bits per heavy atom. The average molecular weight is 277 g/mol. The number of nitrogens with one attached hydrogen (secondary N) is 2. The molecule has 1 aliphatic heterocycles. The van der Waals surface area contributed by atoms with Gasteiger partial charge in [0.15, 0.2) is 6.10 Å². The Labute approximate surface area is 117 Å². The summed E-state index contributed by atoms with van der Waals surface area (Å²) in [6.07, 6.45) is -0.194. The van der Waals surface area contributed by atoms with E-state index in [1.54, 1.807) is 19.2 Å². The minimum Gasteiger partial charge on any atom is -0.378 e. The largest absolute Gasteiger partial charge is 0.378 e. The lowest BCUT2D eigenvalue weighted by molar-refractivity contribution is -0.123. The summed E-state index contributed by atoms with van der Waals surface area (Å²) in [7, 11) is 1.60. The molecule has 1 heterocycles. The van der Waals surface area contributed by atoms with Crippen molar-refractivity contribution in [2.24, 2.45) is 0 Å². The molecule has 1 aromatic rings. The molecule has 0 aliphatic carbocycles. The zero-order valence-electron chi connectivity index (χ0n) is 11.6. The highest BCUT2D eigenvalue weighted by Gasteiger charge is 2.28. The molecule has 1 aromatic carbocycles. The zero-order chi connectivity index (χ0) is 14.7. The Balaban J connectivity index is 2.24. The van der Waals surface area contributed by atoms with Crippen LogP contribution < -0.4 is 15.5 Å². The Hall–Kier alpha value is -2.08. The van der Waals surface area contributed by atoms with Crippen molar-refractivity contribution in [3.63, 3.8) is 0 Å². The van der Waals surface area contributed by atoms with Crippen LogP contribution in [0.25, 0.3) is 0 Å². The molecule has 6 nitrogen and oxygen atoms in total. The maximum Gasteiger partial charge on any atom is 0.257 e. The van der Waals surface area contributed by atoms with Crippen LogP contribution in [0.2, 0.25) is 0 Å². The van der Waals surface area contributed by atoms with Crippen LogP contribution >= 0.6 is 0 Å². The quantitative estimate of drug-likeness (QED) is 0.737. The summed E-state index contributed by atoms with van der Waals surface area (Å²) in [5, 5.41) is 14.9. The monoisotopic (exact) mass is 277 g/mol. The molecule has 1 unspecified atom stereocenters. The fourth-order valence-corrected chi connectivity index (χ4v) is 2.25. The van der Waals surface area contributed by atoms with Crippen LogP contribution in [-0.4, -0.2) is 37.1 Å². The van der Waals surface area contributed by atoms with E-state index < -0.39 is 12.0 Å². The minimum absolute atomic E-state index is 0.0666. The molecule has 0 saturated heterocycles. The van der Waals surface area contributed by atoms with Crippen LogP contribution in [0.3, 0.4) is 0 Å². The molecule has 0 bridgehead atoms. The molecule has 6 heteroatoms. The molecule has 0 aromatic heterocycles. The van der Waals surface area contributed by atoms with Crippen molar-refractivity contribution in [2.75, 3.05) is 30.4 Å². The summed E-state index contributed by atoms with van der Waals surface area (Å²) in [5.74, 6) is -0.478. The summed E-state index contributed by atoms with van der Waals surface area (Å²) in [4.78, 5) is 24.9. The van der Waals surface area contributed by atoms with Gasteiger partial charge in [-0.2, -0.15) is 0 Å². The second-order valence-electron chi connectivity index (χ2n) is 4.76. The lowest BCUT2D eigenvalue weighted by atomic mass is 10.1. The molecule has 0 fully saturated rings. The van der Waals surface area contributed by atoms with Crippen LogP contribution in [0.4, 0.5) is 11.4 Å². The molecule has 2 amide bonds. The zero-order valence-corrected chi connectivity index (χ0v) is 11.6. The van der Waals surface area contributed by atoms with Crippen molar-refractivity contribution in [3.05, 3.63) is 23.8 Å². The molecule has 3 N–H and O–H groups in total. The molecular weight excluding hydrogens is 258 g/mol. The van der Waals surface area contributed by atoms with E-state index in [4.69, 9.17) is 0 Å². The minimum atomic E-state index is -1.10. The highest BCUT2D eigenvalue weighted by Crippen LogP contribution is 2.33. The smallest absolute Gasteiger partial charge is 0.257 e. The number of likely N-dealkylation sites (N-methyl/N-ethyl adjacent to an activating group) is 1. The number of hydrogen-bond acceptors (Lipinski definition) is 4. The first-order valence-electron chi connectivity index (χ1n) is 6.65.